The molecule has 0 saturated heterocycles. The standard InChI is InChI=1S/C13H22N2O3/c1-8-10(3)17-11(15-8)7-14-9(2)12(16)18-13(4,5)6/h9,14H,7H2,1-6H3. The number of nitrogens with zero attached hydrogens (tertiary/aromatic N) is 1. The van der Waals surface area contributed by atoms with E-state index in [1.165, 1.54) is 0 Å². The van der Waals surface area contributed by atoms with Crippen molar-refractivity contribution < 1.29 is 13.9 Å². The number of oxazole rings is 1. The molecule has 18 heavy (non-hydrogen) atoms. The summed E-state index contributed by atoms with van der Waals surface area (Å²) in [5.41, 5.74) is 0.403. The van der Waals surface area contributed by atoms with Gasteiger partial charge in [-0.3, -0.25) is 10.1 Å². The van der Waals surface area contributed by atoms with Gasteiger partial charge in [-0.25, -0.2) is 4.98 Å². The third-order valence-electron chi connectivity index (χ3n) is 2.39. The van der Waals surface area contributed by atoms with E-state index in [0.29, 0.717) is 12.4 Å². The summed E-state index contributed by atoms with van der Waals surface area (Å²) < 4.78 is 10.7. The van der Waals surface area contributed by atoms with E-state index in [1.807, 2.05) is 34.6 Å². The highest BCUT2D eigenvalue weighted by Crippen LogP contribution is 2.10. The number of esters is 1. The summed E-state index contributed by atoms with van der Waals surface area (Å²) in [6.45, 7) is 11.5. The van der Waals surface area contributed by atoms with Gasteiger partial charge in [0.15, 0.2) is 0 Å². The van der Waals surface area contributed by atoms with E-state index in [-0.39, 0.29) is 5.97 Å². The van der Waals surface area contributed by atoms with Crippen molar-refractivity contribution in [1.29, 1.82) is 0 Å². The van der Waals surface area contributed by atoms with Gasteiger partial charge in [-0.1, -0.05) is 0 Å². The first-order chi connectivity index (χ1) is 8.19. The van der Waals surface area contributed by atoms with Gasteiger partial charge in [0.1, 0.15) is 17.4 Å². The Morgan fingerprint density at radius 2 is 2.06 bits per heavy atom. The number of aromatic nitrogens is 1. The predicted molar refractivity (Wildman–Crippen MR) is 68.1 cm³/mol. The van der Waals surface area contributed by atoms with Gasteiger partial charge in [0.05, 0.1) is 12.2 Å². The molecule has 0 aliphatic heterocycles. The van der Waals surface area contributed by atoms with Crippen LogP contribution in [0.15, 0.2) is 4.42 Å². The van der Waals surface area contributed by atoms with E-state index < -0.39 is 11.6 Å². The van der Waals surface area contributed by atoms with Crippen LogP contribution in [0.2, 0.25) is 0 Å². The molecule has 0 bridgehead atoms. The maximum atomic E-state index is 11.7. The molecule has 1 heterocycles. The molecule has 5 heteroatoms. The van der Waals surface area contributed by atoms with Crippen LogP contribution in [0.1, 0.15) is 45.0 Å². The third kappa shape index (κ3) is 4.49. The SMILES string of the molecule is Cc1nc(CNC(C)C(=O)OC(C)(C)C)oc1C. The molecule has 1 atom stereocenters. The molecule has 0 saturated carbocycles. The van der Waals surface area contributed by atoms with Crippen molar-refractivity contribution in [1.82, 2.24) is 10.3 Å². The van der Waals surface area contributed by atoms with Crippen LogP contribution in [-0.4, -0.2) is 22.6 Å². The number of hydrogen-bond donors (Lipinski definition) is 1. The first kappa shape index (κ1) is 14.7. The molecule has 1 aromatic heterocycles. The molecule has 1 unspecified atom stereocenters. The van der Waals surface area contributed by atoms with E-state index in [2.05, 4.69) is 10.3 Å². The van der Waals surface area contributed by atoms with Gasteiger partial charge in [-0.05, 0) is 41.5 Å². The molecule has 1 aromatic rings. The van der Waals surface area contributed by atoms with Gasteiger partial charge < -0.3 is 9.15 Å². The minimum Gasteiger partial charge on any atom is -0.459 e. The van der Waals surface area contributed by atoms with Crippen molar-refractivity contribution >= 4 is 5.97 Å². The molecular formula is C13H22N2O3. The molecule has 1 N–H and O–H groups in total. The quantitative estimate of drug-likeness (QED) is 0.834. The third-order valence-corrected chi connectivity index (χ3v) is 2.39. The number of carbonyl (C=O) groups excluding carboxylic acids is 1. The molecule has 1 rings (SSSR count). The van der Waals surface area contributed by atoms with Crippen LogP contribution in [0.5, 0.6) is 0 Å². The Balaban J connectivity index is 2.46. The Labute approximate surface area is 108 Å². The zero-order chi connectivity index (χ0) is 13.9. The summed E-state index contributed by atoms with van der Waals surface area (Å²) in [4.78, 5) is 16.0. The fourth-order valence-electron chi connectivity index (χ4n) is 1.33. The number of aryl methyl sites for hydroxylation is 2. The highest BCUT2D eigenvalue weighted by atomic mass is 16.6. The summed E-state index contributed by atoms with van der Waals surface area (Å²) in [5.74, 6) is 1.11. The Hall–Kier alpha value is -1.36. The molecule has 102 valence electrons. The summed E-state index contributed by atoms with van der Waals surface area (Å²) >= 11 is 0. The van der Waals surface area contributed by atoms with Crippen LogP contribution in [0.25, 0.3) is 0 Å². The fourth-order valence-corrected chi connectivity index (χ4v) is 1.33. The first-order valence-electron chi connectivity index (χ1n) is 6.08. The zero-order valence-electron chi connectivity index (χ0n) is 12.0. The number of carbonyl (C=O) groups is 1. The van der Waals surface area contributed by atoms with Crippen molar-refractivity contribution in [3.05, 3.63) is 17.3 Å². The van der Waals surface area contributed by atoms with E-state index in [0.717, 1.165) is 11.5 Å². The van der Waals surface area contributed by atoms with Crippen molar-refractivity contribution in [2.24, 2.45) is 0 Å². The molecule has 5 nitrogen and oxygen atoms in total. The second kappa shape index (κ2) is 5.52. The smallest absolute Gasteiger partial charge is 0.323 e. The second-order valence-electron chi connectivity index (χ2n) is 5.39. The van der Waals surface area contributed by atoms with Crippen LogP contribution in [-0.2, 0) is 16.1 Å². The fraction of sp³-hybridized carbons (Fsp3) is 0.692. The Morgan fingerprint density at radius 1 is 1.44 bits per heavy atom. The molecule has 0 aliphatic carbocycles. The second-order valence-corrected chi connectivity index (χ2v) is 5.39. The van der Waals surface area contributed by atoms with Gasteiger partial charge in [-0.2, -0.15) is 0 Å². The van der Waals surface area contributed by atoms with Crippen LogP contribution in [0.3, 0.4) is 0 Å². The lowest BCUT2D eigenvalue weighted by Gasteiger charge is -2.22. The Morgan fingerprint density at radius 3 is 2.50 bits per heavy atom. The molecule has 0 aromatic carbocycles. The molecule has 0 fully saturated rings. The van der Waals surface area contributed by atoms with Gasteiger partial charge in [0.25, 0.3) is 0 Å². The number of rotatable bonds is 4. The average Bonchev–Trinajstić information content (AvgIpc) is 2.52. The summed E-state index contributed by atoms with van der Waals surface area (Å²) in [6.07, 6.45) is 0. The maximum Gasteiger partial charge on any atom is 0.323 e. The van der Waals surface area contributed by atoms with Crippen LogP contribution in [0.4, 0.5) is 0 Å². The first-order valence-corrected chi connectivity index (χ1v) is 6.08. The van der Waals surface area contributed by atoms with Crippen molar-refractivity contribution in [2.45, 2.75) is 59.7 Å². The van der Waals surface area contributed by atoms with Crippen molar-refractivity contribution in [3.8, 4) is 0 Å². The van der Waals surface area contributed by atoms with Crippen molar-refractivity contribution in [2.75, 3.05) is 0 Å². The van der Waals surface area contributed by atoms with Gasteiger partial charge in [0.2, 0.25) is 5.89 Å². The lowest BCUT2D eigenvalue weighted by molar-refractivity contribution is -0.157. The minimum absolute atomic E-state index is 0.275. The van der Waals surface area contributed by atoms with Gasteiger partial charge in [0, 0.05) is 0 Å². The number of ether oxygens (including phenoxy) is 1. The minimum atomic E-state index is -0.469. The number of hydrogen-bond acceptors (Lipinski definition) is 5. The normalized spacial score (nSPS) is 13.4. The predicted octanol–water partition coefficient (Wildman–Crippen LogP) is 2.11. The maximum absolute atomic E-state index is 11.7. The lowest BCUT2D eigenvalue weighted by Crippen LogP contribution is -2.38. The van der Waals surface area contributed by atoms with E-state index in [4.69, 9.17) is 9.15 Å². The lowest BCUT2D eigenvalue weighted by atomic mass is 10.2. The summed E-state index contributed by atoms with van der Waals surface area (Å²) in [7, 11) is 0. The van der Waals surface area contributed by atoms with Crippen LogP contribution in [0, 0.1) is 13.8 Å². The Bertz CT molecular complexity index is 399. The van der Waals surface area contributed by atoms with Crippen molar-refractivity contribution in [3.63, 3.8) is 0 Å². The largest absolute Gasteiger partial charge is 0.459 e. The molecule has 0 radical (unpaired) electrons. The highest BCUT2D eigenvalue weighted by Gasteiger charge is 2.21. The van der Waals surface area contributed by atoms with Gasteiger partial charge >= 0.3 is 5.97 Å². The summed E-state index contributed by atoms with van der Waals surface area (Å²) in [5, 5.41) is 3.03. The van der Waals surface area contributed by atoms with Crippen LogP contribution >= 0.6 is 0 Å². The Kier molecular flexibility index (Phi) is 4.51. The molecule has 0 amide bonds. The molecular weight excluding hydrogens is 232 g/mol. The zero-order valence-corrected chi connectivity index (χ0v) is 12.0. The van der Waals surface area contributed by atoms with Gasteiger partial charge in [-0.15, -0.1) is 0 Å². The molecule has 0 aliphatic rings. The van der Waals surface area contributed by atoms with E-state index in [9.17, 15) is 4.79 Å². The average molecular weight is 254 g/mol. The highest BCUT2D eigenvalue weighted by molar-refractivity contribution is 5.75. The topological polar surface area (TPSA) is 64.4 Å². The summed E-state index contributed by atoms with van der Waals surface area (Å²) in [6, 6.07) is -0.392. The van der Waals surface area contributed by atoms with E-state index >= 15 is 0 Å². The van der Waals surface area contributed by atoms with E-state index in [1.54, 1.807) is 6.92 Å². The molecule has 0 spiro atoms. The van der Waals surface area contributed by atoms with Crippen LogP contribution < -0.4 is 5.32 Å². The number of nitrogens with one attached hydrogen (secondary N) is 1. The monoisotopic (exact) mass is 254 g/mol.